The van der Waals surface area contributed by atoms with Gasteiger partial charge in [-0.25, -0.2) is 0 Å². The Bertz CT molecular complexity index is 415. The minimum Gasteiger partial charge on any atom is -0.304 e. The maximum atomic E-state index is 5.30. The van der Waals surface area contributed by atoms with Gasteiger partial charge in [0.05, 0.1) is 0 Å². The summed E-state index contributed by atoms with van der Waals surface area (Å²) in [5.74, 6) is 2.72. The van der Waals surface area contributed by atoms with Crippen LogP contribution in [0.25, 0.3) is 0 Å². The van der Waals surface area contributed by atoms with Gasteiger partial charge in [-0.05, 0) is 37.4 Å². The summed E-state index contributed by atoms with van der Waals surface area (Å²) in [5, 5.41) is 7.30. The lowest BCUT2D eigenvalue weighted by Gasteiger charge is -2.07. The molecule has 0 spiro atoms. The number of nitrogens with zero attached hydrogens (tertiary/aromatic N) is 2. The van der Waals surface area contributed by atoms with Crippen molar-refractivity contribution < 1.29 is 0 Å². The summed E-state index contributed by atoms with van der Waals surface area (Å²) < 4.78 is 3.02. The molecule has 1 aliphatic rings. The third kappa shape index (κ3) is 3.94. The lowest BCUT2D eigenvalue weighted by molar-refractivity contribution is 0.501. The van der Waals surface area contributed by atoms with Crippen LogP contribution < -0.4 is 0 Å². The molecule has 18 heavy (non-hydrogen) atoms. The van der Waals surface area contributed by atoms with Crippen LogP contribution in [0.4, 0.5) is 0 Å². The number of aromatic nitrogens is 3. The number of nitrogens with one attached hydrogen (secondary N) is 1. The Morgan fingerprint density at radius 2 is 2.00 bits per heavy atom. The number of rotatable bonds is 8. The van der Waals surface area contributed by atoms with Crippen LogP contribution in [0.5, 0.6) is 0 Å². The number of hydrogen-bond donors (Lipinski definition) is 1. The highest BCUT2D eigenvalue weighted by Gasteiger charge is 2.28. The van der Waals surface area contributed by atoms with Gasteiger partial charge in [0.25, 0.3) is 0 Å². The summed E-state index contributed by atoms with van der Waals surface area (Å²) in [6, 6.07) is 0. The molecule has 1 fully saturated rings. The average Bonchev–Trinajstić information content (AvgIpc) is 3.09. The van der Waals surface area contributed by atoms with Crippen LogP contribution in [0.3, 0.4) is 0 Å². The SMILES string of the molecule is CC(C)CCCCCCn1c(C2CC2)n[nH]c1=S. The lowest BCUT2D eigenvalue weighted by atomic mass is 10.0. The van der Waals surface area contributed by atoms with E-state index < -0.39 is 0 Å². The highest BCUT2D eigenvalue weighted by molar-refractivity contribution is 7.71. The number of hydrogen-bond acceptors (Lipinski definition) is 2. The second-order valence-corrected chi connectivity index (χ2v) is 6.30. The Hall–Kier alpha value is -0.640. The van der Waals surface area contributed by atoms with Gasteiger partial charge in [0, 0.05) is 12.5 Å². The fourth-order valence-corrected chi connectivity index (χ4v) is 2.61. The van der Waals surface area contributed by atoms with Crippen molar-refractivity contribution in [2.24, 2.45) is 5.92 Å². The maximum Gasteiger partial charge on any atom is 0.195 e. The van der Waals surface area contributed by atoms with Gasteiger partial charge < -0.3 is 4.57 Å². The molecule has 3 nitrogen and oxygen atoms in total. The van der Waals surface area contributed by atoms with E-state index in [2.05, 4.69) is 28.6 Å². The van der Waals surface area contributed by atoms with Gasteiger partial charge in [0.1, 0.15) is 5.82 Å². The highest BCUT2D eigenvalue weighted by atomic mass is 32.1. The molecule has 0 unspecified atom stereocenters. The van der Waals surface area contributed by atoms with Crippen LogP contribution in [0, 0.1) is 10.7 Å². The first-order chi connectivity index (χ1) is 8.68. The third-order valence-electron chi connectivity index (χ3n) is 3.64. The van der Waals surface area contributed by atoms with E-state index in [9.17, 15) is 0 Å². The number of H-pyrrole nitrogens is 1. The van der Waals surface area contributed by atoms with Gasteiger partial charge in [-0.2, -0.15) is 5.10 Å². The van der Waals surface area contributed by atoms with E-state index in [1.165, 1.54) is 50.8 Å². The van der Waals surface area contributed by atoms with E-state index in [0.29, 0.717) is 5.92 Å². The van der Waals surface area contributed by atoms with Crippen LogP contribution in [0.15, 0.2) is 0 Å². The summed E-state index contributed by atoms with van der Waals surface area (Å²) in [7, 11) is 0. The van der Waals surface area contributed by atoms with Gasteiger partial charge in [-0.3, -0.25) is 5.10 Å². The molecule has 1 saturated carbocycles. The predicted octanol–water partition coefficient (Wildman–Crippen LogP) is 4.42. The first-order valence-electron chi connectivity index (χ1n) is 7.33. The third-order valence-corrected chi connectivity index (χ3v) is 3.96. The molecule has 0 bridgehead atoms. The Balaban J connectivity index is 1.70. The zero-order chi connectivity index (χ0) is 13.0. The molecule has 0 radical (unpaired) electrons. The second kappa shape index (κ2) is 6.50. The number of aromatic amines is 1. The van der Waals surface area contributed by atoms with E-state index in [4.69, 9.17) is 12.2 Å². The van der Waals surface area contributed by atoms with Crippen molar-refractivity contribution in [2.45, 2.75) is 71.3 Å². The van der Waals surface area contributed by atoms with Gasteiger partial charge in [-0.1, -0.05) is 39.5 Å². The second-order valence-electron chi connectivity index (χ2n) is 5.91. The molecule has 1 heterocycles. The summed E-state index contributed by atoms with van der Waals surface area (Å²) in [5.41, 5.74) is 0. The van der Waals surface area contributed by atoms with Gasteiger partial charge >= 0.3 is 0 Å². The molecule has 0 atom stereocenters. The molecule has 0 amide bonds. The predicted molar refractivity (Wildman–Crippen MR) is 77.3 cm³/mol. The highest BCUT2D eigenvalue weighted by Crippen LogP contribution is 2.38. The zero-order valence-corrected chi connectivity index (χ0v) is 12.4. The molecular weight excluding hydrogens is 242 g/mol. The Morgan fingerprint density at radius 1 is 1.28 bits per heavy atom. The van der Waals surface area contributed by atoms with Gasteiger partial charge in [-0.15, -0.1) is 0 Å². The molecule has 0 aromatic carbocycles. The largest absolute Gasteiger partial charge is 0.304 e. The quantitative estimate of drug-likeness (QED) is 0.558. The minimum atomic E-state index is 0.680. The molecule has 1 N–H and O–H groups in total. The Labute approximate surface area is 115 Å². The van der Waals surface area contributed by atoms with E-state index in [-0.39, 0.29) is 0 Å². The van der Waals surface area contributed by atoms with Crippen LogP contribution in [-0.2, 0) is 6.54 Å². The van der Waals surface area contributed by atoms with E-state index in [1.807, 2.05) is 0 Å². The van der Waals surface area contributed by atoms with Gasteiger partial charge in [0.2, 0.25) is 0 Å². The van der Waals surface area contributed by atoms with Crippen molar-refractivity contribution in [2.75, 3.05) is 0 Å². The van der Waals surface area contributed by atoms with Crippen molar-refractivity contribution in [3.05, 3.63) is 10.6 Å². The first-order valence-corrected chi connectivity index (χ1v) is 7.74. The Morgan fingerprint density at radius 3 is 2.67 bits per heavy atom. The van der Waals surface area contributed by atoms with E-state index >= 15 is 0 Å². The van der Waals surface area contributed by atoms with Crippen LogP contribution >= 0.6 is 12.2 Å². The maximum absolute atomic E-state index is 5.30. The van der Waals surface area contributed by atoms with Crippen molar-refractivity contribution >= 4 is 12.2 Å². The zero-order valence-electron chi connectivity index (χ0n) is 11.6. The van der Waals surface area contributed by atoms with Crippen molar-refractivity contribution in [3.8, 4) is 0 Å². The summed E-state index contributed by atoms with van der Waals surface area (Å²) in [6.45, 7) is 5.64. The monoisotopic (exact) mass is 267 g/mol. The average molecular weight is 267 g/mol. The van der Waals surface area contributed by atoms with Crippen molar-refractivity contribution in [3.63, 3.8) is 0 Å². The molecule has 102 valence electrons. The first kappa shape index (κ1) is 13.8. The molecule has 0 saturated heterocycles. The van der Waals surface area contributed by atoms with Crippen LogP contribution in [0.2, 0.25) is 0 Å². The van der Waals surface area contributed by atoms with E-state index in [1.54, 1.807) is 0 Å². The molecule has 1 aliphatic carbocycles. The summed E-state index contributed by atoms with van der Waals surface area (Å²) in [6.07, 6.45) is 9.18. The van der Waals surface area contributed by atoms with Crippen LogP contribution in [-0.4, -0.2) is 14.8 Å². The summed E-state index contributed by atoms with van der Waals surface area (Å²) in [4.78, 5) is 0. The fraction of sp³-hybridized carbons (Fsp3) is 0.857. The van der Waals surface area contributed by atoms with Crippen molar-refractivity contribution in [1.29, 1.82) is 0 Å². The number of unbranched alkanes of at least 4 members (excludes halogenated alkanes) is 3. The molecule has 1 aromatic heterocycles. The molecular formula is C14H25N3S. The van der Waals surface area contributed by atoms with Crippen LogP contribution in [0.1, 0.15) is 70.5 Å². The fourth-order valence-electron chi connectivity index (χ4n) is 2.38. The molecule has 1 aromatic rings. The normalized spacial score (nSPS) is 15.5. The van der Waals surface area contributed by atoms with E-state index in [0.717, 1.165) is 17.2 Å². The molecule has 2 rings (SSSR count). The Kier molecular flexibility index (Phi) is 4.98. The molecule has 0 aliphatic heterocycles. The van der Waals surface area contributed by atoms with Gasteiger partial charge in [0.15, 0.2) is 4.77 Å². The smallest absolute Gasteiger partial charge is 0.195 e. The standard InChI is InChI=1S/C14H25N3S/c1-11(2)7-5-3-4-6-10-17-13(12-8-9-12)15-16-14(17)18/h11-12H,3-10H2,1-2H3,(H,16,18). The lowest BCUT2D eigenvalue weighted by Crippen LogP contribution is -2.03. The molecule has 4 heteroatoms. The summed E-state index contributed by atoms with van der Waals surface area (Å²) >= 11 is 5.30. The topological polar surface area (TPSA) is 33.6 Å². The minimum absolute atomic E-state index is 0.680. The van der Waals surface area contributed by atoms with Crippen molar-refractivity contribution in [1.82, 2.24) is 14.8 Å².